The molecule has 3 rings (SSSR count). The summed E-state index contributed by atoms with van der Waals surface area (Å²) in [7, 11) is -3.60. The van der Waals surface area contributed by atoms with Gasteiger partial charge in [-0.3, -0.25) is 9.52 Å². The Morgan fingerprint density at radius 1 is 1.12 bits per heavy atom. The van der Waals surface area contributed by atoms with Crippen LogP contribution in [0, 0.1) is 0 Å². The fraction of sp³-hybridized carbons (Fsp3) is 0.235. The zero-order chi connectivity index (χ0) is 17.2. The fourth-order valence-corrected chi connectivity index (χ4v) is 4.20. The molecule has 0 bridgehead atoms. The highest BCUT2D eigenvalue weighted by atomic mass is 35.5. The van der Waals surface area contributed by atoms with Crippen LogP contribution in [0.25, 0.3) is 0 Å². The van der Waals surface area contributed by atoms with Gasteiger partial charge >= 0.3 is 0 Å². The summed E-state index contributed by atoms with van der Waals surface area (Å²) in [5, 5.41) is 0.416. The standard InChI is InChI=1S/C17H17ClN2O3S/c18-16-8-2-1-5-13(16)12-24(22,23)19-14-6-3-7-15(11-14)20-10-4-9-17(20)21/h1-3,5-8,11,19H,4,9-10,12H2. The van der Waals surface area contributed by atoms with E-state index < -0.39 is 10.0 Å². The zero-order valence-corrected chi connectivity index (χ0v) is 14.5. The van der Waals surface area contributed by atoms with Gasteiger partial charge in [-0.25, -0.2) is 8.42 Å². The number of anilines is 2. The molecule has 0 radical (unpaired) electrons. The molecule has 1 aliphatic rings. The first-order valence-corrected chi connectivity index (χ1v) is 9.62. The summed E-state index contributed by atoms with van der Waals surface area (Å²) >= 11 is 6.02. The molecule has 1 fully saturated rings. The van der Waals surface area contributed by atoms with E-state index >= 15 is 0 Å². The molecule has 0 atom stereocenters. The topological polar surface area (TPSA) is 66.5 Å². The highest BCUT2D eigenvalue weighted by Gasteiger charge is 2.22. The smallest absolute Gasteiger partial charge is 0.236 e. The second kappa shape index (κ2) is 6.83. The second-order valence-corrected chi connectivity index (χ2v) is 7.78. The van der Waals surface area contributed by atoms with Crippen molar-refractivity contribution >= 4 is 38.9 Å². The van der Waals surface area contributed by atoms with Gasteiger partial charge in [0.2, 0.25) is 15.9 Å². The van der Waals surface area contributed by atoms with Crippen molar-refractivity contribution in [2.24, 2.45) is 0 Å². The Labute approximate surface area is 146 Å². The number of nitrogens with one attached hydrogen (secondary N) is 1. The van der Waals surface area contributed by atoms with Crippen LogP contribution in [0.1, 0.15) is 18.4 Å². The van der Waals surface area contributed by atoms with E-state index in [2.05, 4.69) is 4.72 Å². The van der Waals surface area contributed by atoms with Crippen molar-refractivity contribution in [3.05, 3.63) is 59.1 Å². The van der Waals surface area contributed by atoms with Crippen molar-refractivity contribution in [3.63, 3.8) is 0 Å². The maximum Gasteiger partial charge on any atom is 0.236 e. The van der Waals surface area contributed by atoms with Gasteiger partial charge in [-0.15, -0.1) is 0 Å². The number of amides is 1. The first-order valence-electron chi connectivity index (χ1n) is 7.59. The van der Waals surface area contributed by atoms with Crippen LogP contribution in [-0.2, 0) is 20.6 Å². The predicted octanol–water partition coefficient (Wildman–Crippen LogP) is 3.41. The zero-order valence-electron chi connectivity index (χ0n) is 12.9. The Kier molecular flexibility index (Phi) is 4.78. The van der Waals surface area contributed by atoms with Crippen LogP contribution in [0.15, 0.2) is 48.5 Å². The lowest BCUT2D eigenvalue weighted by atomic mass is 10.2. The molecule has 0 spiro atoms. The van der Waals surface area contributed by atoms with E-state index in [9.17, 15) is 13.2 Å². The average Bonchev–Trinajstić information content (AvgIpc) is 2.95. The molecular formula is C17H17ClN2O3S. The van der Waals surface area contributed by atoms with Crippen LogP contribution >= 0.6 is 11.6 Å². The van der Waals surface area contributed by atoms with E-state index in [1.165, 1.54) is 0 Å². The minimum Gasteiger partial charge on any atom is -0.312 e. The maximum atomic E-state index is 12.4. The van der Waals surface area contributed by atoms with Crippen molar-refractivity contribution in [1.29, 1.82) is 0 Å². The lowest BCUT2D eigenvalue weighted by Crippen LogP contribution is -2.23. The lowest BCUT2D eigenvalue weighted by molar-refractivity contribution is -0.117. The highest BCUT2D eigenvalue weighted by molar-refractivity contribution is 7.91. The van der Waals surface area contributed by atoms with Crippen LogP contribution in [0.4, 0.5) is 11.4 Å². The van der Waals surface area contributed by atoms with E-state index in [0.717, 1.165) is 6.42 Å². The van der Waals surface area contributed by atoms with Gasteiger partial charge in [-0.05, 0) is 36.2 Å². The van der Waals surface area contributed by atoms with Gasteiger partial charge < -0.3 is 4.90 Å². The molecule has 126 valence electrons. The number of halogens is 1. The third-order valence-corrected chi connectivity index (χ3v) is 5.41. The largest absolute Gasteiger partial charge is 0.312 e. The Hall–Kier alpha value is -2.05. The third kappa shape index (κ3) is 3.88. The summed E-state index contributed by atoms with van der Waals surface area (Å²) in [5.41, 5.74) is 1.67. The van der Waals surface area contributed by atoms with Gasteiger partial charge in [0.1, 0.15) is 0 Å². The van der Waals surface area contributed by atoms with Crippen LogP contribution in [-0.4, -0.2) is 20.9 Å². The third-order valence-electron chi connectivity index (χ3n) is 3.81. The Bertz CT molecular complexity index is 868. The molecule has 1 N–H and O–H groups in total. The average molecular weight is 365 g/mol. The highest BCUT2D eigenvalue weighted by Crippen LogP contribution is 2.25. The summed E-state index contributed by atoms with van der Waals surface area (Å²) in [6, 6.07) is 13.7. The summed E-state index contributed by atoms with van der Waals surface area (Å²) < 4.78 is 27.3. The number of hydrogen-bond donors (Lipinski definition) is 1. The predicted molar refractivity (Wildman–Crippen MR) is 95.7 cm³/mol. The monoisotopic (exact) mass is 364 g/mol. The minimum absolute atomic E-state index is 0.0612. The fourth-order valence-electron chi connectivity index (χ4n) is 2.69. The van der Waals surface area contributed by atoms with Crippen LogP contribution in [0.3, 0.4) is 0 Å². The number of hydrogen-bond acceptors (Lipinski definition) is 3. The SMILES string of the molecule is O=C1CCCN1c1cccc(NS(=O)(=O)Cc2ccccc2Cl)c1. The number of carbonyl (C=O) groups is 1. The van der Waals surface area contributed by atoms with Gasteiger partial charge in [0.05, 0.1) is 11.4 Å². The van der Waals surface area contributed by atoms with Crippen LogP contribution in [0.2, 0.25) is 5.02 Å². The van der Waals surface area contributed by atoms with E-state index in [1.807, 2.05) is 0 Å². The molecule has 1 saturated heterocycles. The van der Waals surface area contributed by atoms with Gasteiger partial charge in [0, 0.05) is 23.7 Å². The van der Waals surface area contributed by atoms with Gasteiger partial charge in [0.25, 0.3) is 0 Å². The molecule has 1 heterocycles. The van der Waals surface area contributed by atoms with Crippen molar-refractivity contribution in [3.8, 4) is 0 Å². The number of benzene rings is 2. The summed E-state index contributed by atoms with van der Waals surface area (Å²) in [5.74, 6) is -0.148. The van der Waals surface area contributed by atoms with Crippen molar-refractivity contribution in [2.75, 3.05) is 16.2 Å². The molecule has 1 aliphatic heterocycles. The Morgan fingerprint density at radius 2 is 1.92 bits per heavy atom. The first-order chi connectivity index (χ1) is 11.4. The normalized spacial score (nSPS) is 14.9. The molecule has 0 aromatic heterocycles. The number of carbonyl (C=O) groups excluding carboxylic acids is 1. The molecule has 0 aliphatic carbocycles. The van der Waals surface area contributed by atoms with Gasteiger partial charge in [0.15, 0.2) is 0 Å². The van der Waals surface area contributed by atoms with Crippen molar-refractivity contribution in [2.45, 2.75) is 18.6 Å². The Balaban J connectivity index is 1.78. The molecule has 7 heteroatoms. The van der Waals surface area contributed by atoms with E-state index in [-0.39, 0.29) is 11.7 Å². The molecular weight excluding hydrogens is 348 g/mol. The number of sulfonamides is 1. The quantitative estimate of drug-likeness (QED) is 0.884. The molecule has 0 saturated carbocycles. The molecule has 2 aromatic carbocycles. The summed E-state index contributed by atoms with van der Waals surface area (Å²) in [4.78, 5) is 13.5. The van der Waals surface area contributed by atoms with E-state index in [1.54, 1.807) is 53.4 Å². The maximum absolute atomic E-state index is 12.4. The molecule has 5 nitrogen and oxygen atoms in total. The van der Waals surface area contributed by atoms with Crippen molar-refractivity contribution < 1.29 is 13.2 Å². The van der Waals surface area contributed by atoms with Crippen LogP contribution in [0.5, 0.6) is 0 Å². The number of rotatable bonds is 5. The first kappa shape index (κ1) is 16.8. The van der Waals surface area contributed by atoms with Gasteiger partial charge in [-0.1, -0.05) is 35.9 Å². The summed E-state index contributed by atoms with van der Waals surface area (Å²) in [6.07, 6.45) is 1.35. The molecule has 2 aromatic rings. The van der Waals surface area contributed by atoms with E-state index in [0.29, 0.717) is 34.9 Å². The molecule has 24 heavy (non-hydrogen) atoms. The Morgan fingerprint density at radius 3 is 2.62 bits per heavy atom. The lowest BCUT2D eigenvalue weighted by Gasteiger charge is -2.17. The molecule has 1 amide bonds. The van der Waals surface area contributed by atoms with Gasteiger partial charge in [-0.2, -0.15) is 0 Å². The van der Waals surface area contributed by atoms with Crippen molar-refractivity contribution in [1.82, 2.24) is 0 Å². The number of nitrogens with zero attached hydrogens (tertiary/aromatic N) is 1. The minimum atomic E-state index is -3.60. The summed E-state index contributed by atoms with van der Waals surface area (Å²) in [6.45, 7) is 0.661. The molecule has 0 unspecified atom stereocenters. The second-order valence-electron chi connectivity index (χ2n) is 5.65. The van der Waals surface area contributed by atoms with Crippen LogP contribution < -0.4 is 9.62 Å². The van der Waals surface area contributed by atoms with E-state index in [4.69, 9.17) is 11.6 Å².